The maximum atomic E-state index is 10.7. The van der Waals surface area contributed by atoms with Crippen molar-refractivity contribution in [2.24, 2.45) is 0 Å². The van der Waals surface area contributed by atoms with Crippen LogP contribution in [0.2, 0.25) is 0 Å². The van der Waals surface area contributed by atoms with Crippen LogP contribution in [-0.4, -0.2) is 30.3 Å². The predicted molar refractivity (Wildman–Crippen MR) is 55.8 cm³/mol. The summed E-state index contributed by atoms with van der Waals surface area (Å²) in [5.41, 5.74) is 2.26. The van der Waals surface area contributed by atoms with Gasteiger partial charge in [-0.05, 0) is 6.07 Å². The molecular weight excluding hydrogens is 178 g/mol. The molecule has 2 aromatic rings. The Hall–Kier alpha value is -1.84. The lowest BCUT2D eigenvalue weighted by Crippen LogP contribution is -2.08. The fourth-order valence-corrected chi connectivity index (χ4v) is 1.37. The number of hydrogen-bond donors (Lipinski definition) is 1. The van der Waals surface area contributed by atoms with E-state index in [1.54, 1.807) is 12.3 Å². The largest absolute Gasteiger partial charge is 0.364 e. The van der Waals surface area contributed by atoms with Gasteiger partial charge >= 0.3 is 0 Å². The zero-order valence-electron chi connectivity index (χ0n) is 8.11. The molecule has 0 radical (unpaired) electrons. The summed E-state index contributed by atoms with van der Waals surface area (Å²) in [7, 11) is 3.87. The van der Waals surface area contributed by atoms with Gasteiger partial charge in [0.2, 0.25) is 0 Å². The monoisotopic (exact) mass is 189 g/mol. The normalized spacial score (nSPS) is 10.4. The molecule has 0 aliphatic carbocycles. The standard InChI is InChI=1S/C10H11N3O/c1-13(2)9-5-8-10(12-9)7(6-14)3-4-11-8/h3-6,12H,1-2H3. The van der Waals surface area contributed by atoms with Crippen molar-refractivity contribution in [3.63, 3.8) is 0 Å². The fourth-order valence-electron chi connectivity index (χ4n) is 1.37. The van der Waals surface area contributed by atoms with E-state index < -0.39 is 0 Å². The Morgan fingerprint density at radius 3 is 2.93 bits per heavy atom. The molecule has 0 aliphatic heterocycles. The van der Waals surface area contributed by atoms with Gasteiger partial charge in [-0.3, -0.25) is 9.78 Å². The highest BCUT2D eigenvalue weighted by molar-refractivity contribution is 5.95. The van der Waals surface area contributed by atoms with E-state index in [0.29, 0.717) is 5.56 Å². The molecule has 2 heterocycles. The van der Waals surface area contributed by atoms with Crippen LogP contribution in [0.25, 0.3) is 11.0 Å². The second-order valence-corrected chi connectivity index (χ2v) is 3.33. The van der Waals surface area contributed by atoms with Crippen molar-refractivity contribution in [1.82, 2.24) is 9.97 Å². The Labute approximate surface area is 81.6 Å². The highest BCUT2D eigenvalue weighted by Crippen LogP contribution is 2.20. The first-order valence-electron chi connectivity index (χ1n) is 4.32. The molecule has 0 spiro atoms. The first-order chi connectivity index (χ1) is 6.72. The minimum absolute atomic E-state index is 0.642. The molecule has 4 heteroatoms. The average molecular weight is 189 g/mol. The van der Waals surface area contributed by atoms with Gasteiger partial charge in [-0.1, -0.05) is 0 Å². The van der Waals surface area contributed by atoms with Crippen molar-refractivity contribution in [1.29, 1.82) is 0 Å². The van der Waals surface area contributed by atoms with E-state index >= 15 is 0 Å². The Balaban J connectivity index is 2.70. The van der Waals surface area contributed by atoms with Gasteiger partial charge in [0.1, 0.15) is 5.82 Å². The number of fused-ring (bicyclic) bond motifs is 1. The first kappa shape index (κ1) is 8.74. The van der Waals surface area contributed by atoms with Crippen LogP contribution in [-0.2, 0) is 0 Å². The summed E-state index contributed by atoms with van der Waals surface area (Å²) in [4.78, 5) is 20.0. The zero-order chi connectivity index (χ0) is 10.1. The minimum Gasteiger partial charge on any atom is -0.364 e. The van der Waals surface area contributed by atoms with Crippen LogP contribution in [0.1, 0.15) is 10.4 Å². The SMILES string of the molecule is CN(C)c1cc2nccc(C=O)c2[nH]1. The van der Waals surface area contributed by atoms with Crippen LogP contribution in [0, 0.1) is 0 Å². The number of aromatic amines is 1. The van der Waals surface area contributed by atoms with Gasteiger partial charge in [0.05, 0.1) is 11.0 Å². The van der Waals surface area contributed by atoms with Crippen molar-refractivity contribution in [2.45, 2.75) is 0 Å². The van der Waals surface area contributed by atoms with Crippen LogP contribution in [0.3, 0.4) is 0 Å². The number of H-pyrrole nitrogens is 1. The van der Waals surface area contributed by atoms with Crippen molar-refractivity contribution < 1.29 is 4.79 Å². The third-order valence-electron chi connectivity index (χ3n) is 2.15. The fraction of sp³-hybridized carbons (Fsp3) is 0.200. The van der Waals surface area contributed by atoms with Crippen molar-refractivity contribution in [3.05, 3.63) is 23.9 Å². The lowest BCUT2D eigenvalue weighted by Gasteiger charge is -2.07. The lowest BCUT2D eigenvalue weighted by atomic mass is 10.2. The van der Waals surface area contributed by atoms with E-state index in [0.717, 1.165) is 23.1 Å². The van der Waals surface area contributed by atoms with Gasteiger partial charge in [0.25, 0.3) is 0 Å². The molecule has 0 saturated carbocycles. The Kier molecular flexibility index (Phi) is 1.96. The van der Waals surface area contributed by atoms with Crippen molar-refractivity contribution in [2.75, 3.05) is 19.0 Å². The molecule has 0 atom stereocenters. The van der Waals surface area contributed by atoms with Crippen molar-refractivity contribution in [3.8, 4) is 0 Å². The first-order valence-corrected chi connectivity index (χ1v) is 4.32. The maximum Gasteiger partial charge on any atom is 0.152 e. The maximum absolute atomic E-state index is 10.7. The molecule has 0 bridgehead atoms. The second-order valence-electron chi connectivity index (χ2n) is 3.33. The van der Waals surface area contributed by atoms with E-state index in [9.17, 15) is 4.79 Å². The zero-order valence-corrected chi connectivity index (χ0v) is 8.11. The molecule has 0 unspecified atom stereocenters. The summed E-state index contributed by atoms with van der Waals surface area (Å²) in [6.45, 7) is 0. The number of nitrogens with zero attached hydrogens (tertiary/aromatic N) is 2. The van der Waals surface area contributed by atoms with Gasteiger partial charge in [0, 0.05) is 31.9 Å². The van der Waals surface area contributed by atoms with Crippen LogP contribution in [0.5, 0.6) is 0 Å². The minimum atomic E-state index is 0.642. The summed E-state index contributed by atoms with van der Waals surface area (Å²) in [6, 6.07) is 3.62. The highest BCUT2D eigenvalue weighted by atomic mass is 16.1. The third-order valence-corrected chi connectivity index (χ3v) is 2.15. The highest BCUT2D eigenvalue weighted by Gasteiger charge is 2.06. The molecule has 0 fully saturated rings. The summed E-state index contributed by atoms with van der Waals surface area (Å²) in [5, 5.41) is 0. The molecule has 1 N–H and O–H groups in total. The Bertz CT molecular complexity index is 473. The number of hydrogen-bond acceptors (Lipinski definition) is 3. The smallest absolute Gasteiger partial charge is 0.152 e. The van der Waals surface area contributed by atoms with Crippen molar-refractivity contribution >= 4 is 23.1 Å². The number of carbonyl (C=O) groups excluding carboxylic acids is 1. The quantitative estimate of drug-likeness (QED) is 0.727. The van der Waals surface area contributed by atoms with Gasteiger partial charge in [-0.25, -0.2) is 0 Å². The molecule has 4 nitrogen and oxygen atoms in total. The molecule has 0 amide bonds. The topological polar surface area (TPSA) is 49.0 Å². The second kappa shape index (κ2) is 3.14. The molecule has 0 saturated heterocycles. The molecule has 0 aliphatic rings. The summed E-state index contributed by atoms with van der Waals surface area (Å²) in [6.07, 6.45) is 2.47. The van der Waals surface area contributed by atoms with E-state index in [1.807, 2.05) is 25.1 Å². The van der Waals surface area contributed by atoms with E-state index in [1.165, 1.54) is 0 Å². The van der Waals surface area contributed by atoms with Crippen LogP contribution in [0.4, 0.5) is 5.82 Å². The van der Waals surface area contributed by atoms with E-state index in [2.05, 4.69) is 9.97 Å². The van der Waals surface area contributed by atoms with Crippen LogP contribution < -0.4 is 4.90 Å². The number of aromatic nitrogens is 2. The molecule has 14 heavy (non-hydrogen) atoms. The van der Waals surface area contributed by atoms with Crippen LogP contribution in [0.15, 0.2) is 18.3 Å². The Morgan fingerprint density at radius 2 is 2.29 bits per heavy atom. The number of aldehydes is 1. The number of carbonyl (C=O) groups is 1. The number of pyridine rings is 1. The van der Waals surface area contributed by atoms with Gasteiger partial charge in [-0.2, -0.15) is 0 Å². The number of rotatable bonds is 2. The van der Waals surface area contributed by atoms with E-state index in [4.69, 9.17) is 0 Å². The predicted octanol–water partition coefficient (Wildman–Crippen LogP) is 1.44. The molecule has 2 rings (SSSR count). The number of nitrogens with one attached hydrogen (secondary N) is 1. The molecule has 0 aromatic carbocycles. The summed E-state index contributed by atoms with van der Waals surface area (Å²) < 4.78 is 0. The van der Waals surface area contributed by atoms with Crippen LogP contribution >= 0.6 is 0 Å². The van der Waals surface area contributed by atoms with Gasteiger partial charge in [0.15, 0.2) is 6.29 Å². The lowest BCUT2D eigenvalue weighted by molar-refractivity contribution is 0.112. The third kappa shape index (κ3) is 1.25. The molecule has 72 valence electrons. The van der Waals surface area contributed by atoms with Gasteiger partial charge in [-0.15, -0.1) is 0 Å². The molecular formula is C10H11N3O. The Morgan fingerprint density at radius 1 is 1.50 bits per heavy atom. The summed E-state index contributed by atoms with van der Waals surface area (Å²) >= 11 is 0. The number of anilines is 1. The summed E-state index contributed by atoms with van der Waals surface area (Å²) in [5.74, 6) is 0.946. The molecule has 2 aromatic heterocycles. The average Bonchev–Trinajstić information content (AvgIpc) is 2.60. The van der Waals surface area contributed by atoms with E-state index in [-0.39, 0.29) is 0 Å². The van der Waals surface area contributed by atoms with Gasteiger partial charge < -0.3 is 9.88 Å².